The number of aromatic nitrogens is 2. The summed E-state index contributed by atoms with van der Waals surface area (Å²) in [5.41, 5.74) is 1.76. The molecule has 0 unspecified atom stereocenters. The van der Waals surface area contributed by atoms with Gasteiger partial charge in [-0.25, -0.2) is 0 Å². The topological polar surface area (TPSA) is 124 Å². The second-order valence-electron chi connectivity index (χ2n) is 6.24. The summed E-state index contributed by atoms with van der Waals surface area (Å²) in [5.74, 6) is 0.496. The fraction of sp³-hybridized carbons (Fsp3) is 0.0500. The van der Waals surface area contributed by atoms with Crippen LogP contribution in [0.5, 0.6) is 0 Å². The normalized spacial score (nSPS) is 10.7. The Morgan fingerprint density at radius 2 is 1.90 bits per heavy atom. The molecule has 2 aromatic carbocycles. The van der Waals surface area contributed by atoms with Gasteiger partial charge in [0.1, 0.15) is 0 Å². The summed E-state index contributed by atoms with van der Waals surface area (Å²) in [6, 6.07) is 14.5. The first-order chi connectivity index (χ1) is 14.0. The summed E-state index contributed by atoms with van der Waals surface area (Å²) in [5, 5.41) is 21.7. The molecule has 1 amide bonds. The lowest BCUT2D eigenvalue weighted by molar-refractivity contribution is -0.384. The summed E-state index contributed by atoms with van der Waals surface area (Å²) in [6.07, 6.45) is 1.50. The van der Waals surface area contributed by atoms with E-state index in [-0.39, 0.29) is 23.0 Å². The van der Waals surface area contributed by atoms with Gasteiger partial charge in [-0.2, -0.15) is 0 Å². The predicted molar refractivity (Wildman–Crippen MR) is 103 cm³/mol. The van der Waals surface area contributed by atoms with E-state index in [0.717, 1.165) is 0 Å². The van der Waals surface area contributed by atoms with E-state index < -0.39 is 10.8 Å². The van der Waals surface area contributed by atoms with Crippen molar-refractivity contribution >= 4 is 17.3 Å². The summed E-state index contributed by atoms with van der Waals surface area (Å²) in [6.45, 7) is 1.69. The lowest BCUT2D eigenvalue weighted by atomic mass is 10.1. The van der Waals surface area contributed by atoms with Crippen molar-refractivity contribution in [1.29, 1.82) is 0 Å². The Balaban J connectivity index is 1.57. The molecule has 2 heterocycles. The van der Waals surface area contributed by atoms with Gasteiger partial charge in [-0.05, 0) is 48.9 Å². The van der Waals surface area contributed by atoms with Crippen LogP contribution in [0.1, 0.15) is 15.9 Å². The Bertz CT molecular complexity index is 1200. The number of rotatable bonds is 5. The minimum absolute atomic E-state index is 0.139. The SMILES string of the molecule is Cc1cc(C(=O)Nc2cccc(-c3nnc(-c4ccco4)o3)c2)cc([N+](=O)[O-])c1. The molecule has 0 saturated carbocycles. The van der Waals surface area contributed by atoms with Crippen molar-refractivity contribution in [2.75, 3.05) is 5.32 Å². The molecule has 1 N–H and O–H groups in total. The molecule has 29 heavy (non-hydrogen) atoms. The Hall–Kier alpha value is -4.27. The molecule has 144 valence electrons. The number of anilines is 1. The number of non-ortho nitro benzene ring substituents is 1. The smallest absolute Gasteiger partial charge is 0.283 e. The fourth-order valence-corrected chi connectivity index (χ4v) is 2.77. The van der Waals surface area contributed by atoms with Crippen molar-refractivity contribution < 1.29 is 18.6 Å². The lowest BCUT2D eigenvalue weighted by Crippen LogP contribution is -2.12. The van der Waals surface area contributed by atoms with Crippen LogP contribution < -0.4 is 5.32 Å². The largest absolute Gasteiger partial charge is 0.459 e. The molecular formula is C20H14N4O5. The van der Waals surface area contributed by atoms with E-state index in [1.54, 1.807) is 49.4 Å². The molecule has 2 aromatic heterocycles. The maximum atomic E-state index is 12.6. The number of nitrogens with zero attached hydrogens (tertiary/aromatic N) is 3. The maximum absolute atomic E-state index is 12.6. The third-order valence-electron chi connectivity index (χ3n) is 4.06. The maximum Gasteiger partial charge on any atom is 0.283 e. The third kappa shape index (κ3) is 3.88. The van der Waals surface area contributed by atoms with E-state index in [4.69, 9.17) is 8.83 Å². The number of nitrogens with one attached hydrogen (secondary N) is 1. The van der Waals surface area contributed by atoms with Gasteiger partial charge in [-0.3, -0.25) is 14.9 Å². The number of nitro groups is 1. The predicted octanol–water partition coefficient (Wildman–Crippen LogP) is 4.47. The molecule has 0 fully saturated rings. The van der Waals surface area contributed by atoms with Crippen molar-refractivity contribution in [1.82, 2.24) is 10.2 Å². The van der Waals surface area contributed by atoms with Crippen LogP contribution in [-0.4, -0.2) is 21.0 Å². The van der Waals surface area contributed by atoms with Gasteiger partial charge < -0.3 is 14.2 Å². The second kappa shape index (κ2) is 7.39. The standard InChI is InChI=1S/C20H14N4O5/c1-12-8-14(11-16(9-12)24(26)27)18(25)21-15-5-2-4-13(10-15)19-22-23-20(29-19)17-6-3-7-28-17/h2-11H,1H3,(H,21,25). The van der Waals surface area contributed by atoms with Gasteiger partial charge in [0.25, 0.3) is 17.5 Å². The van der Waals surface area contributed by atoms with E-state index in [2.05, 4.69) is 15.5 Å². The Labute approximate surface area is 164 Å². The van der Waals surface area contributed by atoms with Gasteiger partial charge >= 0.3 is 0 Å². The highest BCUT2D eigenvalue weighted by Crippen LogP contribution is 2.26. The van der Waals surface area contributed by atoms with Crippen LogP contribution in [0, 0.1) is 17.0 Å². The van der Waals surface area contributed by atoms with Crippen molar-refractivity contribution in [3.8, 4) is 23.1 Å². The van der Waals surface area contributed by atoms with Gasteiger partial charge in [-0.15, -0.1) is 10.2 Å². The zero-order valence-electron chi connectivity index (χ0n) is 15.2. The molecular weight excluding hydrogens is 376 g/mol. The van der Waals surface area contributed by atoms with Gasteiger partial charge in [0, 0.05) is 28.9 Å². The summed E-state index contributed by atoms with van der Waals surface area (Å²) < 4.78 is 10.8. The molecule has 0 aliphatic rings. The fourth-order valence-electron chi connectivity index (χ4n) is 2.77. The molecule has 0 aliphatic carbocycles. The number of aryl methyl sites for hydroxylation is 1. The van der Waals surface area contributed by atoms with E-state index in [9.17, 15) is 14.9 Å². The zero-order valence-corrected chi connectivity index (χ0v) is 15.2. The quantitative estimate of drug-likeness (QED) is 0.394. The van der Waals surface area contributed by atoms with Crippen LogP contribution in [0.25, 0.3) is 23.1 Å². The van der Waals surface area contributed by atoms with Crippen LogP contribution in [0.15, 0.2) is 69.7 Å². The van der Waals surface area contributed by atoms with Crippen molar-refractivity contribution in [2.24, 2.45) is 0 Å². The number of amides is 1. The van der Waals surface area contributed by atoms with Crippen LogP contribution in [-0.2, 0) is 0 Å². The Kier molecular flexibility index (Phi) is 4.62. The summed E-state index contributed by atoms with van der Waals surface area (Å²) in [7, 11) is 0. The van der Waals surface area contributed by atoms with E-state index >= 15 is 0 Å². The number of carbonyl (C=O) groups is 1. The van der Waals surface area contributed by atoms with E-state index in [1.165, 1.54) is 18.4 Å². The van der Waals surface area contributed by atoms with Crippen molar-refractivity contribution in [3.63, 3.8) is 0 Å². The molecule has 9 heteroatoms. The molecule has 4 rings (SSSR count). The number of benzene rings is 2. The molecule has 0 bridgehead atoms. The van der Waals surface area contributed by atoms with Crippen molar-refractivity contribution in [3.05, 3.63) is 82.1 Å². The molecule has 0 saturated heterocycles. The third-order valence-corrected chi connectivity index (χ3v) is 4.06. The first-order valence-corrected chi connectivity index (χ1v) is 8.55. The van der Waals surface area contributed by atoms with Crippen LogP contribution in [0.4, 0.5) is 11.4 Å². The Morgan fingerprint density at radius 1 is 1.07 bits per heavy atom. The monoisotopic (exact) mass is 390 g/mol. The van der Waals surface area contributed by atoms with E-state index in [1.807, 2.05) is 0 Å². The highest BCUT2D eigenvalue weighted by atomic mass is 16.6. The van der Waals surface area contributed by atoms with E-state index in [0.29, 0.717) is 22.6 Å². The lowest BCUT2D eigenvalue weighted by Gasteiger charge is -2.07. The number of carbonyl (C=O) groups excluding carboxylic acids is 1. The molecule has 0 radical (unpaired) electrons. The molecule has 0 atom stereocenters. The van der Waals surface area contributed by atoms with Gasteiger partial charge in [0.15, 0.2) is 5.76 Å². The minimum Gasteiger partial charge on any atom is -0.459 e. The number of hydrogen-bond donors (Lipinski definition) is 1. The highest BCUT2D eigenvalue weighted by molar-refractivity contribution is 6.05. The average Bonchev–Trinajstić information content (AvgIpc) is 3.39. The second-order valence-corrected chi connectivity index (χ2v) is 6.24. The number of hydrogen-bond acceptors (Lipinski definition) is 7. The highest BCUT2D eigenvalue weighted by Gasteiger charge is 2.15. The molecule has 4 aromatic rings. The van der Waals surface area contributed by atoms with Gasteiger partial charge in [-0.1, -0.05) is 6.07 Å². The molecule has 9 nitrogen and oxygen atoms in total. The first-order valence-electron chi connectivity index (χ1n) is 8.55. The first kappa shape index (κ1) is 18.1. The average molecular weight is 390 g/mol. The van der Waals surface area contributed by atoms with Crippen LogP contribution >= 0.6 is 0 Å². The summed E-state index contributed by atoms with van der Waals surface area (Å²) >= 11 is 0. The molecule has 0 spiro atoms. The van der Waals surface area contributed by atoms with Gasteiger partial charge in [0.2, 0.25) is 5.89 Å². The minimum atomic E-state index is -0.531. The number of nitro benzene ring substituents is 1. The zero-order chi connectivity index (χ0) is 20.4. The Morgan fingerprint density at radius 3 is 2.66 bits per heavy atom. The van der Waals surface area contributed by atoms with Crippen LogP contribution in [0.2, 0.25) is 0 Å². The summed E-state index contributed by atoms with van der Waals surface area (Å²) in [4.78, 5) is 23.0. The number of furan rings is 1. The van der Waals surface area contributed by atoms with Gasteiger partial charge in [0.05, 0.1) is 11.2 Å². The van der Waals surface area contributed by atoms with Crippen LogP contribution in [0.3, 0.4) is 0 Å². The van der Waals surface area contributed by atoms with Crippen molar-refractivity contribution in [2.45, 2.75) is 6.92 Å². The molecule has 0 aliphatic heterocycles.